The number of hydrogen-bond donors (Lipinski definition) is 1. The van der Waals surface area contributed by atoms with Crippen LogP contribution >= 0.6 is 0 Å². The Labute approximate surface area is 99.7 Å². The van der Waals surface area contributed by atoms with Gasteiger partial charge in [0.1, 0.15) is 0 Å². The van der Waals surface area contributed by atoms with Gasteiger partial charge >= 0.3 is 0 Å². The number of para-hydroxylation sites is 1. The third-order valence-corrected chi connectivity index (χ3v) is 2.95. The zero-order chi connectivity index (χ0) is 11.8. The van der Waals surface area contributed by atoms with Gasteiger partial charge in [0.2, 0.25) is 0 Å². The van der Waals surface area contributed by atoms with Crippen molar-refractivity contribution in [3.05, 3.63) is 29.8 Å². The van der Waals surface area contributed by atoms with Crippen molar-refractivity contribution in [2.45, 2.75) is 26.2 Å². The quantitative estimate of drug-likeness (QED) is 0.711. The largest absolute Gasteiger partial charge is 0.374 e. The highest BCUT2D eigenvalue weighted by Crippen LogP contribution is 2.18. The molecule has 0 bridgehead atoms. The fourth-order valence-corrected chi connectivity index (χ4v) is 1.94. The van der Waals surface area contributed by atoms with Gasteiger partial charge in [0.15, 0.2) is 0 Å². The van der Waals surface area contributed by atoms with Gasteiger partial charge in [-0.3, -0.25) is 0 Å². The highest BCUT2D eigenvalue weighted by Gasteiger charge is 2.02. The first-order chi connectivity index (χ1) is 7.75. The van der Waals surface area contributed by atoms with Gasteiger partial charge in [-0.1, -0.05) is 24.6 Å². The first-order valence-corrected chi connectivity index (χ1v) is 6.17. The van der Waals surface area contributed by atoms with Crippen LogP contribution in [0.2, 0.25) is 0 Å². The molecule has 1 aromatic carbocycles. The number of benzene rings is 1. The van der Waals surface area contributed by atoms with Crippen LogP contribution in [0.5, 0.6) is 0 Å². The fraction of sp³-hybridized carbons (Fsp3) is 0.571. The van der Waals surface area contributed by atoms with E-state index in [1.807, 2.05) is 7.05 Å². The van der Waals surface area contributed by atoms with E-state index in [0.717, 1.165) is 13.1 Å². The van der Waals surface area contributed by atoms with Crippen LogP contribution in [-0.4, -0.2) is 27.2 Å². The van der Waals surface area contributed by atoms with Gasteiger partial charge in [-0.2, -0.15) is 0 Å². The molecule has 0 unspecified atom stereocenters. The third kappa shape index (κ3) is 4.23. The van der Waals surface area contributed by atoms with Crippen molar-refractivity contribution in [1.29, 1.82) is 0 Å². The Morgan fingerprint density at radius 1 is 1.12 bits per heavy atom. The van der Waals surface area contributed by atoms with E-state index < -0.39 is 0 Å². The molecule has 0 aliphatic carbocycles. The molecule has 0 aromatic heterocycles. The van der Waals surface area contributed by atoms with Gasteiger partial charge in [-0.05, 0) is 45.0 Å². The summed E-state index contributed by atoms with van der Waals surface area (Å²) in [6.45, 7) is 4.45. The highest BCUT2D eigenvalue weighted by atomic mass is 15.1. The Morgan fingerprint density at radius 3 is 2.56 bits per heavy atom. The average Bonchev–Trinajstić information content (AvgIpc) is 2.29. The van der Waals surface area contributed by atoms with Crippen LogP contribution in [0.4, 0.5) is 5.69 Å². The van der Waals surface area contributed by atoms with Crippen molar-refractivity contribution in [2.75, 3.05) is 32.1 Å². The maximum absolute atomic E-state index is 3.18. The molecule has 0 aliphatic heterocycles. The molecule has 0 amide bonds. The molecule has 2 heteroatoms. The lowest BCUT2D eigenvalue weighted by atomic mass is 10.1. The van der Waals surface area contributed by atoms with E-state index in [1.165, 1.54) is 30.5 Å². The van der Waals surface area contributed by atoms with Gasteiger partial charge in [0.05, 0.1) is 0 Å². The second-order valence-corrected chi connectivity index (χ2v) is 4.37. The molecule has 2 nitrogen and oxygen atoms in total. The summed E-state index contributed by atoms with van der Waals surface area (Å²) in [7, 11) is 4.19. The van der Waals surface area contributed by atoms with Crippen molar-refractivity contribution < 1.29 is 0 Å². The molecular formula is C14H24N2. The number of rotatable bonds is 7. The molecule has 90 valence electrons. The SMILES string of the molecule is CNCCCCCN(C)c1ccccc1C. The number of unbranched alkanes of at least 4 members (excludes halogenated alkanes) is 2. The van der Waals surface area contributed by atoms with Crippen LogP contribution in [-0.2, 0) is 0 Å². The van der Waals surface area contributed by atoms with Crippen LogP contribution in [0, 0.1) is 6.92 Å². The molecule has 0 saturated heterocycles. The molecule has 0 aliphatic rings. The molecule has 0 radical (unpaired) electrons. The van der Waals surface area contributed by atoms with Crippen molar-refractivity contribution >= 4 is 5.69 Å². The molecule has 0 fully saturated rings. The zero-order valence-electron chi connectivity index (χ0n) is 10.8. The normalized spacial score (nSPS) is 10.4. The maximum Gasteiger partial charge on any atom is 0.0393 e. The number of hydrogen-bond acceptors (Lipinski definition) is 2. The number of anilines is 1. The average molecular weight is 220 g/mol. The minimum Gasteiger partial charge on any atom is -0.374 e. The van der Waals surface area contributed by atoms with E-state index in [0.29, 0.717) is 0 Å². The molecule has 1 aromatic rings. The van der Waals surface area contributed by atoms with Crippen molar-refractivity contribution in [3.63, 3.8) is 0 Å². The van der Waals surface area contributed by atoms with Gasteiger partial charge in [-0.15, -0.1) is 0 Å². The Morgan fingerprint density at radius 2 is 1.88 bits per heavy atom. The van der Waals surface area contributed by atoms with E-state index in [4.69, 9.17) is 0 Å². The molecule has 1 N–H and O–H groups in total. The summed E-state index contributed by atoms with van der Waals surface area (Å²) in [5.41, 5.74) is 2.72. The van der Waals surface area contributed by atoms with E-state index >= 15 is 0 Å². The van der Waals surface area contributed by atoms with Crippen LogP contribution in [0.25, 0.3) is 0 Å². The Kier molecular flexibility index (Phi) is 5.94. The summed E-state index contributed by atoms with van der Waals surface area (Å²) in [4.78, 5) is 2.36. The minimum atomic E-state index is 1.13. The summed E-state index contributed by atoms with van der Waals surface area (Å²) in [6.07, 6.45) is 3.85. The van der Waals surface area contributed by atoms with Gasteiger partial charge in [0, 0.05) is 19.3 Å². The molecule has 0 heterocycles. The molecular weight excluding hydrogens is 196 g/mol. The van der Waals surface area contributed by atoms with Crippen molar-refractivity contribution in [3.8, 4) is 0 Å². The number of nitrogens with zero attached hydrogens (tertiary/aromatic N) is 1. The first-order valence-electron chi connectivity index (χ1n) is 6.17. The maximum atomic E-state index is 3.18. The predicted octanol–water partition coefficient (Wildman–Crippen LogP) is 2.82. The molecule has 1 rings (SSSR count). The van der Waals surface area contributed by atoms with Crippen LogP contribution in [0.3, 0.4) is 0 Å². The van der Waals surface area contributed by atoms with E-state index in [2.05, 4.69) is 48.5 Å². The highest BCUT2D eigenvalue weighted by molar-refractivity contribution is 5.52. The fourth-order valence-electron chi connectivity index (χ4n) is 1.94. The smallest absolute Gasteiger partial charge is 0.0393 e. The topological polar surface area (TPSA) is 15.3 Å². The number of nitrogens with one attached hydrogen (secondary N) is 1. The Hall–Kier alpha value is -1.02. The monoisotopic (exact) mass is 220 g/mol. The number of aryl methyl sites for hydroxylation is 1. The molecule has 0 atom stereocenters. The van der Waals surface area contributed by atoms with Crippen LogP contribution in [0.15, 0.2) is 24.3 Å². The molecule has 16 heavy (non-hydrogen) atoms. The summed E-state index contributed by atoms with van der Waals surface area (Å²) < 4.78 is 0. The van der Waals surface area contributed by atoms with Gasteiger partial charge in [0.25, 0.3) is 0 Å². The molecule has 0 saturated carbocycles. The molecule has 0 spiro atoms. The van der Waals surface area contributed by atoms with Crippen LogP contribution in [0.1, 0.15) is 24.8 Å². The Bertz CT molecular complexity index is 297. The predicted molar refractivity (Wildman–Crippen MR) is 72.2 cm³/mol. The minimum absolute atomic E-state index is 1.13. The van der Waals surface area contributed by atoms with Gasteiger partial charge < -0.3 is 10.2 Å². The summed E-state index contributed by atoms with van der Waals surface area (Å²) in [5, 5.41) is 3.18. The second kappa shape index (κ2) is 7.29. The Balaban J connectivity index is 2.30. The first kappa shape index (κ1) is 13.0. The van der Waals surface area contributed by atoms with Crippen molar-refractivity contribution in [1.82, 2.24) is 5.32 Å². The summed E-state index contributed by atoms with van der Waals surface area (Å²) in [5.74, 6) is 0. The van der Waals surface area contributed by atoms with E-state index in [9.17, 15) is 0 Å². The standard InChI is InChI=1S/C14H24N2/c1-13-9-5-6-10-14(13)16(3)12-8-4-7-11-15-2/h5-6,9-10,15H,4,7-8,11-12H2,1-3H3. The van der Waals surface area contributed by atoms with Crippen molar-refractivity contribution in [2.24, 2.45) is 0 Å². The van der Waals surface area contributed by atoms with Crippen LogP contribution < -0.4 is 10.2 Å². The van der Waals surface area contributed by atoms with E-state index in [1.54, 1.807) is 0 Å². The zero-order valence-corrected chi connectivity index (χ0v) is 10.8. The summed E-state index contributed by atoms with van der Waals surface area (Å²) in [6, 6.07) is 8.58. The second-order valence-electron chi connectivity index (χ2n) is 4.37. The van der Waals surface area contributed by atoms with E-state index in [-0.39, 0.29) is 0 Å². The lowest BCUT2D eigenvalue weighted by Gasteiger charge is -2.21. The lowest BCUT2D eigenvalue weighted by Crippen LogP contribution is -2.19. The van der Waals surface area contributed by atoms with Gasteiger partial charge in [-0.25, -0.2) is 0 Å². The summed E-state index contributed by atoms with van der Waals surface area (Å²) >= 11 is 0. The third-order valence-electron chi connectivity index (χ3n) is 2.95. The lowest BCUT2D eigenvalue weighted by molar-refractivity contribution is 0.639.